The first-order chi connectivity index (χ1) is 15.1. The van der Waals surface area contributed by atoms with Crippen LogP contribution >= 0.6 is 27.5 Å². The van der Waals surface area contributed by atoms with Crippen LogP contribution in [0.5, 0.6) is 0 Å². The average Bonchev–Trinajstić information content (AvgIpc) is 3.18. The van der Waals surface area contributed by atoms with Crippen molar-refractivity contribution >= 4 is 33.4 Å². The largest absolute Gasteiger partial charge is 0.343 e. The van der Waals surface area contributed by atoms with E-state index in [4.69, 9.17) is 11.6 Å². The van der Waals surface area contributed by atoms with Crippen molar-refractivity contribution in [2.75, 3.05) is 27.2 Å². The van der Waals surface area contributed by atoms with Crippen molar-refractivity contribution < 1.29 is 9.18 Å². The lowest BCUT2D eigenvalue weighted by molar-refractivity contribution is -0.130. The highest BCUT2D eigenvalue weighted by Gasteiger charge is 2.14. The predicted molar refractivity (Wildman–Crippen MR) is 119 cm³/mol. The number of nitrogens with one attached hydrogen (secondary N) is 1. The standard InChI is InChI=1S/C19H20BrClFN7O3/c1-26(8-13-9-29(25-24-13)16-4-3-12(22)7-14(16)20)5-6-27(2)17(30)11-28-10-15(21)18(31)23-19(28)32/h3-4,7,9-10H,5-6,8,11H2,1-2H3,(H,23,31,32). The Kier molecular flexibility index (Phi) is 7.59. The molecule has 0 bridgehead atoms. The molecule has 0 saturated carbocycles. The number of rotatable bonds is 8. The number of likely N-dealkylation sites (N-methyl/N-ethyl adjacent to an activating group) is 2. The molecule has 10 nitrogen and oxygen atoms in total. The molecular formula is C19H20BrClFN7O3. The van der Waals surface area contributed by atoms with Gasteiger partial charge in [-0.2, -0.15) is 0 Å². The number of H-pyrrole nitrogens is 1. The molecular weight excluding hydrogens is 509 g/mol. The molecule has 1 amide bonds. The van der Waals surface area contributed by atoms with Gasteiger partial charge >= 0.3 is 5.69 Å². The predicted octanol–water partition coefficient (Wildman–Crippen LogP) is 1.26. The molecule has 1 N–H and O–H groups in total. The Labute approximate surface area is 195 Å². The van der Waals surface area contributed by atoms with Crippen LogP contribution in [0.1, 0.15) is 5.69 Å². The van der Waals surface area contributed by atoms with Crippen LogP contribution in [0, 0.1) is 5.82 Å². The smallest absolute Gasteiger partial charge is 0.328 e. The molecule has 0 saturated heterocycles. The van der Waals surface area contributed by atoms with Gasteiger partial charge in [-0.3, -0.25) is 24.0 Å². The minimum atomic E-state index is -0.700. The molecule has 0 atom stereocenters. The Morgan fingerprint density at radius 3 is 2.72 bits per heavy atom. The molecule has 32 heavy (non-hydrogen) atoms. The molecule has 0 spiro atoms. The van der Waals surface area contributed by atoms with Crippen LogP contribution in [0.25, 0.3) is 5.69 Å². The summed E-state index contributed by atoms with van der Waals surface area (Å²) in [6.45, 7) is 1.18. The summed E-state index contributed by atoms with van der Waals surface area (Å²) >= 11 is 9.03. The lowest BCUT2D eigenvalue weighted by atomic mass is 10.3. The second-order valence-corrected chi connectivity index (χ2v) is 8.43. The molecule has 0 aliphatic heterocycles. The summed E-state index contributed by atoms with van der Waals surface area (Å²) in [7, 11) is 3.49. The van der Waals surface area contributed by atoms with E-state index in [9.17, 15) is 18.8 Å². The Morgan fingerprint density at radius 2 is 2.00 bits per heavy atom. The summed E-state index contributed by atoms with van der Waals surface area (Å²) in [5.74, 6) is -0.663. The Morgan fingerprint density at radius 1 is 1.25 bits per heavy atom. The number of aromatic nitrogens is 5. The fraction of sp³-hybridized carbons (Fsp3) is 0.316. The minimum absolute atomic E-state index is 0.166. The van der Waals surface area contributed by atoms with E-state index >= 15 is 0 Å². The summed E-state index contributed by atoms with van der Waals surface area (Å²) in [4.78, 5) is 41.0. The second-order valence-electron chi connectivity index (χ2n) is 7.17. The highest BCUT2D eigenvalue weighted by molar-refractivity contribution is 9.10. The van der Waals surface area contributed by atoms with Crippen LogP contribution in [0.4, 0.5) is 4.39 Å². The van der Waals surface area contributed by atoms with Crippen molar-refractivity contribution in [2.45, 2.75) is 13.1 Å². The van der Waals surface area contributed by atoms with Gasteiger partial charge in [0.2, 0.25) is 5.91 Å². The van der Waals surface area contributed by atoms with Crippen LogP contribution in [0.3, 0.4) is 0 Å². The number of hydrogen-bond acceptors (Lipinski definition) is 6. The zero-order valence-electron chi connectivity index (χ0n) is 17.3. The fourth-order valence-electron chi connectivity index (χ4n) is 2.82. The number of benzene rings is 1. The SMILES string of the molecule is CN(CCN(C)C(=O)Cn1cc(Cl)c(=O)[nH]c1=O)Cc1cn(-c2ccc(F)cc2Br)nn1. The third kappa shape index (κ3) is 5.90. The normalized spacial score (nSPS) is 11.2. The van der Waals surface area contributed by atoms with E-state index in [-0.39, 0.29) is 23.3 Å². The maximum atomic E-state index is 13.3. The highest BCUT2D eigenvalue weighted by atomic mass is 79.9. The van der Waals surface area contributed by atoms with Gasteiger partial charge in [0.15, 0.2) is 0 Å². The minimum Gasteiger partial charge on any atom is -0.343 e. The van der Waals surface area contributed by atoms with Gasteiger partial charge < -0.3 is 4.90 Å². The third-order valence-corrected chi connectivity index (χ3v) is 5.55. The molecule has 0 fully saturated rings. The zero-order valence-corrected chi connectivity index (χ0v) is 19.6. The molecule has 1 aromatic carbocycles. The van der Waals surface area contributed by atoms with Crippen molar-refractivity contribution in [3.05, 3.63) is 72.4 Å². The van der Waals surface area contributed by atoms with Crippen molar-refractivity contribution in [3.63, 3.8) is 0 Å². The van der Waals surface area contributed by atoms with E-state index in [1.54, 1.807) is 24.0 Å². The van der Waals surface area contributed by atoms with Gasteiger partial charge in [-0.15, -0.1) is 5.10 Å². The molecule has 0 unspecified atom stereocenters. The van der Waals surface area contributed by atoms with Gasteiger partial charge in [-0.1, -0.05) is 16.8 Å². The van der Waals surface area contributed by atoms with Crippen LogP contribution in [-0.2, 0) is 17.9 Å². The molecule has 0 aliphatic rings. The Balaban J connectivity index is 1.53. The number of nitrogens with zero attached hydrogens (tertiary/aromatic N) is 6. The van der Waals surface area contributed by atoms with Gasteiger partial charge in [0, 0.05) is 37.4 Å². The lowest BCUT2D eigenvalue weighted by Gasteiger charge is -2.22. The Hall–Kier alpha value is -2.83. The lowest BCUT2D eigenvalue weighted by Crippen LogP contribution is -2.39. The molecule has 3 rings (SSSR count). The van der Waals surface area contributed by atoms with E-state index in [0.29, 0.717) is 35.5 Å². The number of hydrogen-bond donors (Lipinski definition) is 1. The summed E-state index contributed by atoms with van der Waals surface area (Å²) in [6, 6.07) is 4.30. The molecule has 170 valence electrons. The van der Waals surface area contributed by atoms with Crippen molar-refractivity contribution in [1.82, 2.24) is 34.3 Å². The summed E-state index contributed by atoms with van der Waals surface area (Å²) in [5, 5.41) is 8.05. The first kappa shape index (κ1) is 23.8. The molecule has 13 heteroatoms. The average molecular weight is 529 g/mol. The van der Waals surface area contributed by atoms with Gasteiger partial charge in [-0.05, 0) is 41.2 Å². The van der Waals surface area contributed by atoms with Crippen molar-refractivity contribution in [3.8, 4) is 5.69 Å². The van der Waals surface area contributed by atoms with Gasteiger partial charge in [0.1, 0.15) is 17.4 Å². The molecule has 0 aliphatic carbocycles. The highest BCUT2D eigenvalue weighted by Crippen LogP contribution is 2.21. The summed E-state index contributed by atoms with van der Waals surface area (Å²) in [5.41, 5.74) is -0.0314. The van der Waals surface area contributed by atoms with Gasteiger partial charge in [0.05, 0.1) is 17.6 Å². The molecule has 2 heterocycles. The van der Waals surface area contributed by atoms with E-state index in [1.165, 1.54) is 17.0 Å². The monoisotopic (exact) mass is 527 g/mol. The first-order valence-electron chi connectivity index (χ1n) is 9.42. The van der Waals surface area contributed by atoms with Crippen LogP contribution in [0.15, 0.2) is 44.7 Å². The first-order valence-corrected chi connectivity index (χ1v) is 10.6. The van der Waals surface area contributed by atoms with Crippen LogP contribution < -0.4 is 11.2 Å². The molecule has 3 aromatic rings. The van der Waals surface area contributed by atoms with E-state index < -0.39 is 11.2 Å². The van der Waals surface area contributed by atoms with E-state index in [2.05, 4.69) is 31.2 Å². The number of aromatic amines is 1. The Bertz CT molecular complexity index is 1240. The number of carbonyl (C=O) groups excluding carboxylic acids is 1. The van der Waals surface area contributed by atoms with Crippen molar-refractivity contribution in [2.24, 2.45) is 0 Å². The zero-order chi connectivity index (χ0) is 23.4. The maximum absolute atomic E-state index is 13.3. The molecule has 2 aromatic heterocycles. The van der Waals surface area contributed by atoms with Crippen molar-refractivity contribution in [1.29, 1.82) is 0 Å². The maximum Gasteiger partial charge on any atom is 0.328 e. The fourth-order valence-corrected chi connectivity index (χ4v) is 3.52. The second kappa shape index (κ2) is 10.2. The van der Waals surface area contributed by atoms with Crippen LogP contribution in [-0.4, -0.2) is 67.4 Å². The van der Waals surface area contributed by atoms with E-state index in [0.717, 1.165) is 10.8 Å². The number of amides is 1. The van der Waals surface area contributed by atoms with Gasteiger partial charge in [0.25, 0.3) is 5.56 Å². The summed E-state index contributed by atoms with van der Waals surface area (Å²) < 4.78 is 16.4. The van der Waals surface area contributed by atoms with Gasteiger partial charge in [-0.25, -0.2) is 13.9 Å². The molecule has 0 radical (unpaired) electrons. The van der Waals surface area contributed by atoms with E-state index in [1.807, 2.05) is 11.9 Å². The third-order valence-electron chi connectivity index (χ3n) is 4.65. The van der Waals surface area contributed by atoms with Crippen LogP contribution in [0.2, 0.25) is 5.02 Å². The summed E-state index contributed by atoms with van der Waals surface area (Å²) in [6.07, 6.45) is 2.89. The quantitative estimate of drug-likeness (QED) is 0.472. The number of halogens is 3. The topological polar surface area (TPSA) is 109 Å². The number of carbonyl (C=O) groups is 1.